The molecule has 0 radical (unpaired) electrons. The summed E-state index contributed by atoms with van der Waals surface area (Å²) in [6, 6.07) is 12.5. The topological polar surface area (TPSA) is 63.2 Å². The molecule has 1 atom stereocenters. The van der Waals surface area contributed by atoms with Crippen LogP contribution in [0.15, 0.2) is 72.1 Å². The van der Waals surface area contributed by atoms with Crippen molar-refractivity contribution in [3.8, 4) is 0 Å². The van der Waals surface area contributed by atoms with Gasteiger partial charge in [0.15, 0.2) is 0 Å². The lowest BCUT2D eigenvalue weighted by molar-refractivity contribution is 0.0601. The highest BCUT2D eigenvalue weighted by atomic mass is 16.5. The van der Waals surface area contributed by atoms with Crippen molar-refractivity contribution in [1.29, 1.82) is 0 Å². The summed E-state index contributed by atoms with van der Waals surface area (Å²) in [5, 5.41) is 6.92. The minimum Gasteiger partial charge on any atom is -0.465 e. The molecule has 2 heterocycles. The number of ether oxygens (including phenoxy) is 1. The van der Waals surface area contributed by atoms with Crippen molar-refractivity contribution in [1.82, 2.24) is 10.3 Å². The fourth-order valence-electron chi connectivity index (χ4n) is 3.89. The molecule has 1 unspecified atom stereocenters. The van der Waals surface area contributed by atoms with E-state index in [9.17, 15) is 4.79 Å². The SMILES string of the molecule is COC(=O)c1cc(C2CC2)cnc1NC1=CCC2NC(c3ccccc3)=CC2=C1. The molecular weight excluding hydrogens is 362 g/mol. The molecule has 5 heteroatoms. The number of methoxy groups -OCH3 is 1. The molecule has 0 spiro atoms. The van der Waals surface area contributed by atoms with Gasteiger partial charge in [-0.25, -0.2) is 9.78 Å². The second-order valence-corrected chi connectivity index (χ2v) is 7.72. The zero-order chi connectivity index (χ0) is 19.8. The maximum atomic E-state index is 12.3. The first kappa shape index (κ1) is 17.7. The van der Waals surface area contributed by atoms with E-state index in [1.165, 1.54) is 18.2 Å². The smallest absolute Gasteiger partial charge is 0.341 e. The van der Waals surface area contributed by atoms with E-state index in [-0.39, 0.29) is 12.0 Å². The number of fused-ring (bicyclic) bond motifs is 1. The van der Waals surface area contributed by atoms with Crippen LogP contribution in [-0.2, 0) is 4.74 Å². The number of nitrogens with one attached hydrogen (secondary N) is 2. The molecule has 0 amide bonds. The van der Waals surface area contributed by atoms with E-state index < -0.39 is 0 Å². The quantitative estimate of drug-likeness (QED) is 0.748. The number of aromatic nitrogens is 1. The number of benzene rings is 1. The normalized spacial score (nSPS) is 20.0. The van der Waals surface area contributed by atoms with Crippen molar-refractivity contribution in [2.45, 2.75) is 31.2 Å². The van der Waals surface area contributed by atoms with Gasteiger partial charge in [-0.15, -0.1) is 0 Å². The molecule has 2 aromatic rings. The van der Waals surface area contributed by atoms with Crippen molar-refractivity contribution in [3.63, 3.8) is 0 Å². The number of hydrogen-bond donors (Lipinski definition) is 2. The van der Waals surface area contributed by atoms with E-state index in [1.54, 1.807) is 0 Å². The monoisotopic (exact) mass is 385 g/mol. The van der Waals surface area contributed by atoms with Gasteiger partial charge in [0.05, 0.1) is 13.2 Å². The first-order valence-electron chi connectivity index (χ1n) is 10.0. The third kappa shape index (κ3) is 3.56. The molecule has 1 aliphatic heterocycles. The van der Waals surface area contributed by atoms with Crippen LogP contribution in [0.1, 0.15) is 46.7 Å². The van der Waals surface area contributed by atoms with Crippen LogP contribution in [-0.4, -0.2) is 24.1 Å². The molecule has 0 bridgehead atoms. The average molecular weight is 385 g/mol. The third-order valence-corrected chi connectivity index (χ3v) is 5.65. The average Bonchev–Trinajstić information content (AvgIpc) is 3.53. The molecular formula is C24H23N3O2. The highest BCUT2D eigenvalue weighted by Gasteiger charge is 2.27. The predicted octanol–water partition coefficient (Wildman–Crippen LogP) is 4.38. The van der Waals surface area contributed by atoms with Gasteiger partial charge in [0.2, 0.25) is 0 Å². The molecule has 1 fully saturated rings. The number of pyridine rings is 1. The minimum atomic E-state index is -0.363. The number of anilines is 1. The molecule has 2 N–H and O–H groups in total. The van der Waals surface area contributed by atoms with Crippen LogP contribution in [0.3, 0.4) is 0 Å². The summed E-state index contributed by atoms with van der Waals surface area (Å²) in [6.45, 7) is 0. The van der Waals surface area contributed by atoms with Gasteiger partial charge in [-0.3, -0.25) is 0 Å². The fraction of sp³-hybridized carbons (Fsp3) is 0.250. The van der Waals surface area contributed by atoms with Crippen LogP contribution < -0.4 is 10.6 Å². The molecule has 1 saturated carbocycles. The number of esters is 1. The third-order valence-electron chi connectivity index (χ3n) is 5.65. The zero-order valence-corrected chi connectivity index (χ0v) is 16.3. The Balaban J connectivity index is 1.40. The Bertz CT molecular complexity index is 1050. The standard InChI is InChI=1S/C24H23N3O2/c1-29-24(28)20-12-18(15-7-8-15)14-25-23(20)26-19-9-10-21-17(11-19)13-22(27-21)16-5-3-2-4-6-16/h2-6,9,11-15,21,27H,7-8,10H2,1H3,(H,25,26). The van der Waals surface area contributed by atoms with E-state index in [2.05, 4.69) is 46.0 Å². The number of carbonyl (C=O) groups is 1. The summed E-state index contributed by atoms with van der Waals surface area (Å²) >= 11 is 0. The summed E-state index contributed by atoms with van der Waals surface area (Å²) in [6.07, 6.45) is 11.5. The molecule has 2 aliphatic carbocycles. The molecule has 1 aromatic heterocycles. The molecule has 3 aliphatic rings. The van der Waals surface area contributed by atoms with E-state index in [4.69, 9.17) is 4.74 Å². The first-order valence-corrected chi connectivity index (χ1v) is 10.0. The molecule has 1 aromatic carbocycles. The van der Waals surface area contributed by atoms with Crippen LogP contribution in [0.5, 0.6) is 0 Å². The number of hydrogen-bond acceptors (Lipinski definition) is 5. The number of nitrogens with zero attached hydrogens (tertiary/aromatic N) is 1. The van der Waals surface area contributed by atoms with Gasteiger partial charge in [0.25, 0.3) is 0 Å². The summed E-state index contributed by atoms with van der Waals surface area (Å²) < 4.78 is 4.98. The Morgan fingerprint density at radius 2 is 2.03 bits per heavy atom. The van der Waals surface area contributed by atoms with Gasteiger partial charge in [-0.1, -0.05) is 36.4 Å². The lowest BCUT2D eigenvalue weighted by Gasteiger charge is -2.20. The molecule has 5 nitrogen and oxygen atoms in total. The van der Waals surface area contributed by atoms with E-state index in [0.717, 1.165) is 36.2 Å². The minimum absolute atomic E-state index is 0.279. The van der Waals surface area contributed by atoms with Crippen LogP contribution in [0, 0.1) is 0 Å². The molecule has 29 heavy (non-hydrogen) atoms. The van der Waals surface area contributed by atoms with Crippen molar-refractivity contribution in [2.75, 3.05) is 12.4 Å². The second-order valence-electron chi connectivity index (χ2n) is 7.72. The zero-order valence-electron chi connectivity index (χ0n) is 16.3. The Hall–Kier alpha value is -3.34. The highest BCUT2D eigenvalue weighted by Crippen LogP contribution is 2.40. The van der Waals surface area contributed by atoms with Crippen molar-refractivity contribution in [2.24, 2.45) is 0 Å². The van der Waals surface area contributed by atoms with Gasteiger partial charge in [0, 0.05) is 17.6 Å². The molecule has 146 valence electrons. The summed E-state index contributed by atoms with van der Waals surface area (Å²) in [5.41, 5.74) is 6.09. The summed E-state index contributed by atoms with van der Waals surface area (Å²) in [7, 11) is 1.41. The van der Waals surface area contributed by atoms with Crippen LogP contribution in [0.2, 0.25) is 0 Å². The number of allylic oxidation sites excluding steroid dienone is 1. The van der Waals surface area contributed by atoms with Gasteiger partial charge < -0.3 is 15.4 Å². The Labute approximate surface area is 170 Å². The van der Waals surface area contributed by atoms with Crippen molar-refractivity contribution in [3.05, 3.63) is 88.8 Å². The predicted molar refractivity (Wildman–Crippen MR) is 113 cm³/mol. The summed E-state index contributed by atoms with van der Waals surface area (Å²) in [4.78, 5) is 16.8. The first-order chi connectivity index (χ1) is 14.2. The van der Waals surface area contributed by atoms with Gasteiger partial charge in [-0.05, 0) is 60.1 Å². The van der Waals surface area contributed by atoms with E-state index in [0.29, 0.717) is 17.3 Å². The van der Waals surface area contributed by atoms with Crippen molar-refractivity contribution < 1.29 is 9.53 Å². The summed E-state index contributed by atoms with van der Waals surface area (Å²) in [5.74, 6) is 0.710. The maximum Gasteiger partial charge on any atom is 0.341 e. The second kappa shape index (κ2) is 7.24. The Morgan fingerprint density at radius 3 is 2.79 bits per heavy atom. The molecule has 0 saturated heterocycles. The van der Waals surface area contributed by atoms with Crippen molar-refractivity contribution >= 4 is 17.5 Å². The van der Waals surface area contributed by atoms with E-state index >= 15 is 0 Å². The molecule has 5 rings (SSSR count). The van der Waals surface area contributed by atoms with Crippen LogP contribution >= 0.6 is 0 Å². The van der Waals surface area contributed by atoms with Gasteiger partial charge in [-0.2, -0.15) is 0 Å². The lowest BCUT2D eigenvalue weighted by atomic mass is 9.99. The van der Waals surface area contributed by atoms with Crippen LogP contribution in [0.25, 0.3) is 5.70 Å². The maximum absolute atomic E-state index is 12.3. The lowest BCUT2D eigenvalue weighted by Crippen LogP contribution is -2.25. The van der Waals surface area contributed by atoms with E-state index in [1.807, 2.05) is 30.5 Å². The Kier molecular flexibility index (Phi) is 4.43. The number of rotatable bonds is 5. The van der Waals surface area contributed by atoms with Gasteiger partial charge >= 0.3 is 5.97 Å². The van der Waals surface area contributed by atoms with Gasteiger partial charge in [0.1, 0.15) is 11.4 Å². The van der Waals surface area contributed by atoms with Crippen LogP contribution in [0.4, 0.5) is 5.82 Å². The Morgan fingerprint density at radius 1 is 1.21 bits per heavy atom. The number of carbonyl (C=O) groups excluding carboxylic acids is 1. The fourth-order valence-corrected chi connectivity index (χ4v) is 3.89. The largest absolute Gasteiger partial charge is 0.465 e. The highest BCUT2D eigenvalue weighted by molar-refractivity contribution is 5.95.